The molecular weight excluding hydrogens is 488 g/mol. The highest BCUT2D eigenvalue weighted by Gasteiger charge is 2.34. The molecular formula is C25H25BrN2O3S. The van der Waals surface area contributed by atoms with Gasteiger partial charge in [-0.1, -0.05) is 64.0 Å². The molecule has 0 spiro atoms. The number of anilines is 1. The average Bonchev–Trinajstić information content (AvgIpc) is 3.10. The molecule has 0 aliphatic carbocycles. The number of carbonyl (C=O) groups excluding carboxylic acids is 1. The van der Waals surface area contributed by atoms with E-state index in [0.717, 1.165) is 33.3 Å². The van der Waals surface area contributed by atoms with Gasteiger partial charge in [-0.3, -0.25) is 4.79 Å². The predicted octanol–water partition coefficient (Wildman–Crippen LogP) is 4.93. The topological polar surface area (TPSA) is 57.7 Å². The van der Waals surface area contributed by atoms with Crippen molar-refractivity contribution in [3.05, 3.63) is 94.0 Å². The van der Waals surface area contributed by atoms with E-state index in [-0.39, 0.29) is 29.9 Å². The minimum Gasteiger partial charge on any atom is -0.308 e. The van der Waals surface area contributed by atoms with E-state index in [4.69, 9.17) is 0 Å². The van der Waals surface area contributed by atoms with Crippen LogP contribution >= 0.6 is 15.9 Å². The van der Waals surface area contributed by atoms with Gasteiger partial charge in [0, 0.05) is 22.7 Å². The molecule has 0 bridgehead atoms. The summed E-state index contributed by atoms with van der Waals surface area (Å²) < 4.78 is 29.1. The number of sulfonamides is 1. The van der Waals surface area contributed by atoms with Crippen molar-refractivity contribution in [1.29, 1.82) is 0 Å². The molecule has 1 aliphatic heterocycles. The summed E-state index contributed by atoms with van der Waals surface area (Å²) in [4.78, 5) is 15.3. The number of halogens is 1. The van der Waals surface area contributed by atoms with Crippen molar-refractivity contribution in [1.82, 2.24) is 4.31 Å². The second-order valence-electron chi connectivity index (χ2n) is 8.16. The molecule has 3 aromatic rings. The van der Waals surface area contributed by atoms with Gasteiger partial charge in [-0.15, -0.1) is 0 Å². The zero-order valence-electron chi connectivity index (χ0n) is 18.0. The molecule has 1 atom stereocenters. The van der Waals surface area contributed by atoms with E-state index in [1.807, 2.05) is 62.4 Å². The fourth-order valence-corrected chi connectivity index (χ4v) is 5.69. The zero-order valence-corrected chi connectivity index (χ0v) is 20.4. The Bertz CT molecular complexity index is 1220. The Hall–Kier alpha value is -2.48. The van der Waals surface area contributed by atoms with Gasteiger partial charge in [0.2, 0.25) is 15.9 Å². The Morgan fingerprint density at radius 1 is 1.03 bits per heavy atom. The molecule has 0 radical (unpaired) electrons. The predicted molar refractivity (Wildman–Crippen MR) is 130 cm³/mol. The van der Waals surface area contributed by atoms with Gasteiger partial charge in [-0.2, -0.15) is 4.31 Å². The van der Waals surface area contributed by atoms with Crippen molar-refractivity contribution in [3.8, 4) is 0 Å². The highest BCUT2D eigenvalue weighted by Crippen LogP contribution is 2.32. The fourth-order valence-electron chi connectivity index (χ4n) is 4.05. The summed E-state index contributed by atoms with van der Waals surface area (Å²) in [7, 11) is -3.88. The summed E-state index contributed by atoms with van der Waals surface area (Å²) in [5.41, 5.74) is 3.89. The van der Waals surface area contributed by atoms with Gasteiger partial charge in [0.15, 0.2) is 0 Å². The number of rotatable bonds is 6. The molecule has 3 aromatic carbocycles. The minimum absolute atomic E-state index is 0.0171. The van der Waals surface area contributed by atoms with Gasteiger partial charge in [0.25, 0.3) is 0 Å². The standard InChI is InChI=1S/C25H25BrN2O3S/c1-18-7-9-20(10-8-18)16-27(32(30,31)23-13-11-22(26)12-14-23)17-25(29)28-19(2)15-21-5-3-4-6-24(21)28/h3-14,19H,15-17H2,1-2H3/t19-/m0/s1. The lowest BCUT2D eigenvalue weighted by Crippen LogP contribution is -2.44. The molecule has 0 N–H and O–H groups in total. The van der Waals surface area contributed by atoms with Crippen molar-refractivity contribution in [2.24, 2.45) is 0 Å². The molecule has 1 heterocycles. The third kappa shape index (κ3) is 4.65. The van der Waals surface area contributed by atoms with Crippen molar-refractivity contribution < 1.29 is 13.2 Å². The first kappa shape index (κ1) is 22.7. The van der Waals surface area contributed by atoms with Crippen LogP contribution in [0, 0.1) is 6.92 Å². The first-order chi connectivity index (χ1) is 15.3. The molecule has 0 fully saturated rings. The summed E-state index contributed by atoms with van der Waals surface area (Å²) in [6, 6.07) is 22.0. The van der Waals surface area contributed by atoms with E-state index in [1.54, 1.807) is 29.2 Å². The monoisotopic (exact) mass is 512 g/mol. The largest absolute Gasteiger partial charge is 0.308 e. The molecule has 1 amide bonds. The molecule has 7 heteroatoms. The van der Waals surface area contributed by atoms with E-state index in [9.17, 15) is 13.2 Å². The minimum atomic E-state index is -3.88. The number of carbonyl (C=O) groups is 1. The lowest BCUT2D eigenvalue weighted by molar-refractivity contribution is -0.119. The third-order valence-electron chi connectivity index (χ3n) is 5.72. The van der Waals surface area contributed by atoms with Gasteiger partial charge in [-0.05, 0) is 61.7 Å². The molecule has 0 saturated carbocycles. The molecule has 1 aliphatic rings. The van der Waals surface area contributed by atoms with E-state index in [1.165, 1.54) is 4.31 Å². The third-order valence-corrected chi connectivity index (χ3v) is 8.05. The second-order valence-corrected chi connectivity index (χ2v) is 11.0. The van der Waals surface area contributed by atoms with Crippen molar-refractivity contribution in [3.63, 3.8) is 0 Å². The summed E-state index contributed by atoms with van der Waals surface area (Å²) in [5, 5.41) is 0. The van der Waals surface area contributed by atoms with Gasteiger partial charge in [0.05, 0.1) is 11.4 Å². The zero-order chi connectivity index (χ0) is 22.9. The Kier molecular flexibility index (Phi) is 6.51. The van der Waals surface area contributed by atoms with Crippen LogP contribution in [-0.2, 0) is 27.8 Å². The Balaban J connectivity index is 1.67. The van der Waals surface area contributed by atoms with Gasteiger partial charge in [-0.25, -0.2) is 8.42 Å². The molecule has 166 valence electrons. The van der Waals surface area contributed by atoms with Crippen molar-refractivity contribution in [2.45, 2.75) is 37.8 Å². The molecule has 0 saturated heterocycles. The van der Waals surface area contributed by atoms with Crippen LogP contribution in [0.15, 0.2) is 82.2 Å². The number of benzene rings is 3. The first-order valence-corrected chi connectivity index (χ1v) is 12.7. The van der Waals surface area contributed by atoms with Crippen LogP contribution in [0.3, 0.4) is 0 Å². The number of hydrogen-bond acceptors (Lipinski definition) is 3. The van der Waals surface area contributed by atoms with Crippen LogP contribution in [0.5, 0.6) is 0 Å². The van der Waals surface area contributed by atoms with Crippen molar-refractivity contribution in [2.75, 3.05) is 11.4 Å². The van der Waals surface area contributed by atoms with Crippen LogP contribution in [0.2, 0.25) is 0 Å². The lowest BCUT2D eigenvalue weighted by Gasteiger charge is -2.27. The number of hydrogen-bond donors (Lipinski definition) is 0. The molecule has 0 unspecified atom stereocenters. The molecule has 32 heavy (non-hydrogen) atoms. The number of nitrogens with zero attached hydrogens (tertiary/aromatic N) is 2. The Morgan fingerprint density at radius 3 is 2.38 bits per heavy atom. The summed E-state index contributed by atoms with van der Waals surface area (Å²) in [6.45, 7) is 3.86. The van der Waals surface area contributed by atoms with E-state index < -0.39 is 10.0 Å². The molecule has 4 rings (SSSR count). The Labute approximate surface area is 197 Å². The highest BCUT2D eigenvalue weighted by molar-refractivity contribution is 9.10. The van der Waals surface area contributed by atoms with Gasteiger partial charge < -0.3 is 4.90 Å². The SMILES string of the molecule is Cc1ccc(CN(CC(=O)N2c3ccccc3C[C@@H]2C)S(=O)(=O)c2ccc(Br)cc2)cc1. The van der Waals surface area contributed by atoms with Crippen LogP contribution in [0.4, 0.5) is 5.69 Å². The molecule has 0 aromatic heterocycles. The summed E-state index contributed by atoms with van der Waals surface area (Å²) in [5.74, 6) is -0.227. The summed E-state index contributed by atoms with van der Waals surface area (Å²) >= 11 is 3.35. The first-order valence-electron chi connectivity index (χ1n) is 10.5. The molecule has 5 nitrogen and oxygen atoms in total. The summed E-state index contributed by atoms with van der Waals surface area (Å²) in [6.07, 6.45) is 0.763. The van der Waals surface area contributed by atoms with Crippen LogP contribution in [0.1, 0.15) is 23.6 Å². The second kappa shape index (κ2) is 9.17. The maximum Gasteiger partial charge on any atom is 0.243 e. The number of aryl methyl sites for hydroxylation is 1. The highest BCUT2D eigenvalue weighted by atomic mass is 79.9. The van der Waals surface area contributed by atoms with E-state index >= 15 is 0 Å². The van der Waals surface area contributed by atoms with Crippen molar-refractivity contribution >= 4 is 37.5 Å². The van der Waals surface area contributed by atoms with E-state index in [2.05, 4.69) is 15.9 Å². The number of amides is 1. The van der Waals surface area contributed by atoms with Gasteiger partial charge in [0.1, 0.15) is 0 Å². The van der Waals surface area contributed by atoms with Crippen LogP contribution in [-0.4, -0.2) is 31.2 Å². The number of fused-ring (bicyclic) bond motifs is 1. The maximum atomic E-state index is 13.5. The normalized spacial score (nSPS) is 15.8. The lowest BCUT2D eigenvalue weighted by atomic mass is 10.1. The fraction of sp³-hybridized carbons (Fsp3) is 0.240. The number of para-hydroxylation sites is 1. The maximum absolute atomic E-state index is 13.5. The average molecular weight is 513 g/mol. The smallest absolute Gasteiger partial charge is 0.243 e. The quantitative estimate of drug-likeness (QED) is 0.470. The van der Waals surface area contributed by atoms with E-state index in [0.29, 0.717) is 0 Å². The Morgan fingerprint density at radius 2 is 1.69 bits per heavy atom. The van der Waals surface area contributed by atoms with Crippen LogP contribution in [0.25, 0.3) is 0 Å². The van der Waals surface area contributed by atoms with Gasteiger partial charge >= 0.3 is 0 Å². The van der Waals surface area contributed by atoms with Crippen LogP contribution < -0.4 is 4.90 Å².